The number of carbonyl (C=O) groups is 2. The fourth-order valence-corrected chi connectivity index (χ4v) is 1.39. The van der Waals surface area contributed by atoms with E-state index in [1.807, 2.05) is 0 Å². The molecule has 1 rings (SSSR count). The minimum atomic E-state index is -1.20. The molecule has 0 aliphatic rings. The van der Waals surface area contributed by atoms with Gasteiger partial charge in [-0.1, -0.05) is 11.6 Å². The van der Waals surface area contributed by atoms with E-state index in [-0.39, 0.29) is 22.9 Å². The molecule has 0 atom stereocenters. The summed E-state index contributed by atoms with van der Waals surface area (Å²) in [6, 6.07) is 5.62. The third kappa shape index (κ3) is 3.96. The quantitative estimate of drug-likeness (QED) is 0.487. The van der Waals surface area contributed by atoms with Crippen molar-refractivity contribution >= 4 is 34.9 Å². The third-order valence-corrected chi connectivity index (χ3v) is 2.40. The van der Waals surface area contributed by atoms with Crippen LogP contribution in [0, 0.1) is 11.3 Å². The van der Waals surface area contributed by atoms with Crippen LogP contribution in [0.5, 0.6) is 0 Å². The molecule has 0 saturated carbocycles. The van der Waals surface area contributed by atoms with Gasteiger partial charge in [-0.15, -0.1) is 0 Å². The summed E-state index contributed by atoms with van der Waals surface area (Å²) in [6.07, 6.45) is 0. The summed E-state index contributed by atoms with van der Waals surface area (Å²) in [5, 5.41) is 21.3. The molecule has 7 nitrogen and oxygen atoms in total. The number of anilines is 1. The minimum Gasteiger partial charge on any atom is -0.478 e. The lowest BCUT2D eigenvalue weighted by atomic mass is 10.2. The molecule has 0 spiro atoms. The van der Waals surface area contributed by atoms with E-state index >= 15 is 0 Å². The Kier molecular flexibility index (Phi) is 5.50. The number of hydrogen-bond donors (Lipinski definition) is 2. The third-order valence-electron chi connectivity index (χ3n) is 2.07. The number of nitrogens with one attached hydrogen (secondary N) is 1. The number of carbonyl (C=O) groups excluding carboxylic acids is 1. The Hall–Kier alpha value is -2.59. The zero-order valence-electron chi connectivity index (χ0n) is 10.4. The van der Waals surface area contributed by atoms with E-state index in [0.29, 0.717) is 0 Å². The Bertz CT molecular complexity index is 607. The molecule has 0 saturated heterocycles. The molecular weight excluding hydrogens is 286 g/mol. The number of carboxylic acid groups (broad SMARTS) is 1. The summed E-state index contributed by atoms with van der Waals surface area (Å²) in [7, 11) is 0. The van der Waals surface area contributed by atoms with Gasteiger partial charge in [0, 0.05) is 0 Å². The van der Waals surface area contributed by atoms with Crippen molar-refractivity contribution in [2.45, 2.75) is 6.92 Å². The standard InChI is InChI=1S/C12H10ClN3O4/c1-2-20-12(19)10(6-14)16-15-7-3-4-9(13)8(5-7)11(17)18/h3-5,15H,2H2,1H3,(H,17,18)/b16-10-. The van der Waals surface area contributed by atoms with Crippen molar-refractivity contribution in [1.29, 1.82) is 5.26 Å². The number of hydrogen-bond acceptors (Lipinski definition) is 6. The SMILES string of the molecule is CCOC(=O)/C(C#N)=N\Nc1ccc(Cl)c(C(=O)O)c1. The molecule has 20 heavy (non-hydrogen) atoms. The van der Waals surface area contributed by atoms with Gasteiger partial charge in [0.2, 0.25) is 5.71 Å². The number of ether oxygens (including phenoxy) is 1. The van der Waals surface area contributed by atoms with Crippen LogP contribution in [-0.4, -0.2) is 29.4 Å². The highest BCUT2D eigenvalue weighted by Gasteiger charge is 2.13. The molecule has 0 aromatic heterocycles. The van der Waals surface area contributed by atoms with Crippen LogP contribution in [0.3, 0.4) is 0 Å². The first-order chi connectivity index (χ1) is 9.49. The molecule has 1 aromatic carbocycles. The molecule has 0 aliphatic heterocycles. The summed E-state index contributed by atoms with van der Waals surface area (Å²) in [4.78, 5) is 22.2. The van der Waals surface area contributed by atoms with Crippen LogP contribution in [0.1, 0.15) is 17.3 Å². The van der Waals surface area contributed by atoms with E-state index < -0.39 is 17.7 Å². The fourth-order valence-electron chi connectivity index (χ4n) is 1.19. The second-order valence-corrected chi connectivity index (χ2v) is 3.81. The second-order valence-electron chi connectivity index (χ2n) is 3.40. The monoisotopic (exact) mass is 295 g/mol. The Labute approximate surface area is 119 Å². The summed E-state index contributed by atoms with van der Waals surface area (Å²) in [5.74, 6) is -2.07. The Balaban J connectivity index is 2.94. The smallest absolute Gasteiger partial charge is 0.369 e. The maximum absolute atomic E-state index is 11.3. The van der Waals surface area contributed by atoms with Gasteiger partial charge < -0.3 is 9.84 Å². The van der Waals surface area contributed by atoms with Crippen LogP contribution in [0.2, 0.25) is 5.02 Å². The van der Waals surface area contributed by atoms with Crippen molar-refractivity contribution in [3.63, 3.8) is 0 Å². The Morgan fingerprint density at radius 1 is 1.55 bits per heavy atom. The molecule has 0 aliphatic carbocycles. The highest BCUT2D eigenvalue weighted by atomic mass is 35.5. The molecule has 0 amide bonds. The molecule has 0 radical (unpaired) electrons. The number of aromatic carboxylic acids is 1. The minimum absolute atomic E-state index is 0.0675. The number of benzene rings is 1. The Morgan fingerprint density at radius 3 is 2.80 bits per heavy atom. The van der Waals surface area contributed by atoms with E-state index in [1.54, 1.807) is 13.0 Å². The maximum atomic E-state index is 11.3. The molecule has 104 valence electrons. The predicted octanol–water partition coefficient (Wildman–Crippen LogP) is 1.89. The topological polar surface area (TPSA) is 112 Å². The molecule has 0 unspecified atom stereocenters. The average molecular weight is 296 g/mol. The predicted molar refractivity (Wildman–Crippen MR) is 71.7 cm³/mol. The number of rotatable bonds is 5. The number of esters is 1. The Morgan fingerprint density at radius 2 is 2.25 bits per heavy atom. The van der Waals surface area contributed by atoms with E-state index in [4.69, 9.17) is 22.0 Å². The van der Waals surface area contributed by atoms with E-state index in [9.17, 15) is 9.59 Å². The van der Waals surface area contributed by atoms with Crippen molar-refractivity contribution in [3.8, 4) is 6.07 Å². The molecule has 0 heterocycles. The van der Waals surface area contributed by atoms with Crippen molar-refractivity contribution in [1.82, 2.24) is 0 Å². The lowest BCUT2D eigenvalue weighted by Crippen LogP contribution is -2.17. The normalized spacial score (nSPS) is 10.6. The van der Waals surface area contributed by atoms with Crippen LogP contribution < -0.4 is 5.43 Å². The average Bonchev–Trinajstić information content (AvgIpc) is 2.41. The van der Waals surface area contributed by atoms with Crippen LogP contribution in [0.25, 0.3) is 0 Å². The number of nitriles is 1. The van der Waals surface area contributed by atoms with Crippen LogP contribution in [0.15, 0.2) is 23.3 Å². The van der Waals surface area contributed by atoms with Gasteiger partial charge in [0.05, 0.1) is 22.9 Å². The van der Waals surface area contributed by atoms with E-state index in [0.717, 1.165) is 0 Å². The fraction of sp³-hybridized carbons (Fsp3) is 0.167. The maximum Gasteiger partial charge on any atom is 0.369 e. The van der Waals surface area contributed by atoms with E-state index in [2.05, 4.69) is 15.3 Å². The van der Waals surface area contributed by atoms with Crippen molar-refractivity contribution in [2.24, 2.45) is 5.10 Å². The highest BCUT2D eigenvalue weighted by Crippen LogP contribution is 2.20. The van der Waals surface area contributed by atoms with Gasteiger partial charge in [-0.05, 0) is 25.1 Å². The molecule has 1 aromatic rings. The summed E-state index contributed by atoms with van der Waals surface area (Å²) in [5.41, 5.74) is 2.07. The number of hydrazone groups is 1. The summed E-state index contributed by atoms with van der Waals surface area (Å²) < 4.78 is 4.62. The van der Waals surface area contributed by atoms with Crippen LogP contribution in [-0.2, 0) is 9.53 Å². The zero-order chi connectivity index (χ0) is 15.1. The molecule has 0 bridgehead atoms. The van der Waals surface area contributed by atoms with Gasteiger partial charge in [0.1, 0.15) is 6.07 Å². The zero-order valence-corrected chi connectivity index (χ0v) is 11.1. The first-order valence-corrected chi connectivity index (χ1v) is 5.81. The molecular formula is C12H10ClN3O4. The molecule has 2 N–H and O–H groups in total. The lowest BCUT2D eigenvalue weighted by Gasteiger charge is -2.04. The van der Waals surface area contributed by atoms with Crippen LogP contribution in [0.4, 0.5) is 5.69 Å². The number of halogens is 1. The first-order valence-electron chi connectivity index (χ1n) is 5.43. The van der Waals surface area contributed by atoms with Gasteiger partial charge in [-0.3, -0.25) is 5.43 Å². The highest BCUT2D eigenvalue weighted by molar-refractivity contribution is 6.43. The van der Waals surface area contributed by atoms with Gasteiger partial charge in [0.15, 0.2) is 0 Å². The van der Waals surface area contributed by atoms with Gasteiger partial charge in [0.25, 0.3) is 0 Å². The number of carboxylic acids is 1. The first kappa shape index (κ1) is 15.5. The largest absolute Gasteiger partial charge is 0.478 e. The van der Waals surface area contributed by atoms with Crippen molar-refractivity contribution in [2.75, 3.05) is 12.0 Å². The van der Waals surface area contributed by atoms with Crippen molar-refractivity contribution < 1.29 is 19.4 Å². The second kappa shape index (κ2) is 7.11. The summed E-state index contributed by atoms with van der Waals surface area (Å²) in [6.45, 7) is 1.71. The molecule has 8 heteroatoms. The van der Waals surface area contributed by atoms with Gasteiger partial charge in [-0.25, -0.2) is 9.59 Å². The molecule has 0 fully saturated rings. The lowest BCUT2D eigenvalue weighted by molar-refractivity contribution is -0.134. The summed E-state index contributed by atoms with van der Waals surface area (Å²) >= 11 is 5.70. The van der Waals surface area contributed by atoms with Gasteiger partial charge in [-0.2, -0.15) is 10.4 Å². The van der Waals surface area contributed by atoms with Crippen LogP contribution >= 0.6 is 11.6 Å². The number of nitrogens with zero attached hydrogens (tertiary/aromatic N) is 2. The van der Waals surface area contributed by atoms with Gasteiger partial charge >= 0.3 is 11.9 Å². The van der Waals surface area contributed by atoms with E-state index in [1.165, 1.54) is 18.2 Å². The van der Waals surface area contributed by atoms with Crippen molar-refractivity contribution in [3.05, 3.63) is 28.8 Å².